The van der Waals surface area contributed by atoms with E-state index in [0.717, 1.165) is 50.6 Å². The van der Waals surface area contributed by atoms with Crippen molar-refractivity contribution in [1.29, 1.82) is 0 Å². The number of hydrogen-bond acceptors (Lipinski definition) is 2. The van der Waals surface area contributed by atoms with E-state index in [4.69, 9.17) is 4.74 Å². The lowest BCUT2D eigenvalue weighted by atomic mass is 9.92. The molecule has 1 heterocycles. The van der Waals surface area contributed by atoms with Gasteiger partial charge in [-0.05, 0) is 121 Å². The topological polar surface area (TPSA) is 12.5 Å². The fourth-order valence-electron chi connectivity index (χ4n) is 8.59. The van der Waals surface area contributed by atoms with Gasteiger partial charge in [0.15, 0.2) is 0 Å². The van der Waals surface area contributed by atoms with Gasteiger partial charge in [-0.3, -0.25) is 0 Å². The molecule has 10 aromatic carbocycles. The van der Waals surface area contributed by atoms with Crippen molar-refractivity contribution in [3.63, 3.8) is 0 Å². The summed E-state index contributed by atoms with van der Waals surface area (Å²) in [4.78, 5) is 2.35. The minimum absolute atomic E-state index is 0.882. The lowest BCUT2D eigenvalue weighted by Crippen LogP contribution is -2.10. The monoisotopic (exact) mass is 765 g/mol. The zero-order chi connectivity index (χ0) is 39.8. The lowest BCUT2D eigenvalue weighted by Gasteiger charge is -2.27. The van der Waals surface area contributed by atoms with Gasteiger partial charge in [0, 0.05) is 28.0 Å². The predicted molar refractivity (Wildman–Crippen MR) is 251 cm³/mol. The molecule has 60 heavy (non-hydrogen) atoms. The Morgan fingerprint density at radius 2 is 0.667 bits per heavy atom. The van der Waals surface area contributed by atoms with Gasteiger partial charge in [-0.1, -0.05) is 182 Å². The van der Waals surface area contributed by atoms with Crippen LogP contribution in [0.1, 0.15) is 0 Å². The third kappa shape index (κ3) is 6.61. The Morgan fingerprint density at radius 3 is 1.20 bits per heavy atom. The Kier molecular flexibility index (Phi) is 8.87. The molecule has 0 fully saturated rings. The fraction of sp³-hybridized carbons (Fsp3) is 0. The van der Waals surface area contributed by atoms with Gasteiger partial charge in [0.25, 0.3) is 0 Å². The van der Waals surface area contributed by atoms with Crippen molar-refractivity contribution in [2.45, 2.75) is 0 Å². The largest absolute Gasteiger partial charge is 0.456 e. The normalized spacial score (nSPS) is 11.5. The van der Waals surface area contributed by atoms with Crippen LogP contribution in [-0.4, -0.2) is 0 Å². The summed E-state index contributed by atoms with van der Waals surface area (Å²) in [5.74, 6) is 1.79. The Hall–Kier alpha value is -7.94. The van der Waals surface area contributed by atoms with Gasteiger partial charge in [0.05, 0.1) is 0 Å². The lowest BCUT2D eigenvalue weighted by molar-refractivity contribution is 0.487. The highest BCUT2D eigenvalue weighted by molar-refractivity contribution is 6.04. The Morgan fingerprint density at radius 1 is 0.250 bits per heavy atom. The Balaban J connectivity index is 0.953. The van der Waals surface area contributed by atoms with Gasteiger partial charge < -0.3 is 9.64 Å². The summed E-state index contributed by atoms with van der Waals surface area (Å²) in [6.45, 7) is 0. The minimum Gasteiger partial charge on any atom is -0.456 e. The van der Waals surface area contributed by atoms with Gasteiger partial charge in [-0.15, -0.1) is 0 Å². The third-order valence-corrected chi connectivity index (χ3v) is 11.7. The van der Waals surface area contributed by atoms with Crippen LogP contribution < -0.4 is 9.64 Å². The smallest absolute Gasteiger partial charge is 0.135 e. The Labute approximate surface area is 350 Å². The second-order valence-electron chi connectivity index (χ2n) is 15.3. The molecule has 0 aliphatic carbocycles. The first-order valence-electron chi connectivity index (χ1n) is 20.5. The van der Waals surface area contributed by atoms with E-state index >= 15 is 0 Å². The molecule has 1 aliphatic heterocycles. The quantitative estimate of drug-likeness (QED) is 0.153. The van der Waals surface area contributed by atoms with E-state index in [0.29, 0.717) is 0 Å². The molecule has 0 bridgehead atoms. The molecule has 0 radical (unpaired) electrons. The average molecular weight is 766 g/mol. The first kappa shape index (κ1) is 35.2. The van der Waals surface area contributed by atoms with Crippen LogP contribution in [0.4, 0.5) is 17.1 Å². The molecular weight excluding hydrogens is 727 g/mol. The maximum absolute atomic E-state index is 6.44. The molecule has 1 aliphatic rings. The molecule has 2 nitrogen and oxygen atoms in total. The van der Waals surface area contributed by atoms with Gasteiger partial charge in [-0.2, -0.15) is 0 Å². The average Bonchev–Trinajstić information content (AvgIpc) is 3.33. The van der Waals surface area contributed by atoms with Crippen molar-refractivity contribution in [3.8, 4) is 78.3 Å². The van der Waals surface area contributed by atoms with Crippen molar-refractivity contribution in [3.05, 3.63) is 237 Å². The van der Waals surface area contributed by atoms with E-state index < -0.39 is 0 Å². The maximum atomic E-state index is 6.44. The van der Waals surface area contributed by atoms with Crippen molar-refractivity contribution in [2.75, 3.05) is 4.90 Å². The van der Waals surface area contributed by atoms with E-state index in [2.05, 4.69) is 241 Å². The van der Waals surface area contributed by atoms with Gasteiger partial charge in [0.1, 0.15) is 11.5 Å². The van der Waals surface area contributed by atoms with Crippen LogP contribution in [0.2, 0.25) is 0 Å². The molecule has 0 saturated heterocycles. The summed E-state index contributed by atoms with van der Waals surface area (Å²) in [5.41, 5.74) is 17.4. The van der Waals surface area contributed by atoms with E-state index in [1.165, 1.54) is 55.5 Å². The van der Waals surface area contributed by atoms with Gasteiger partial charge >= 0.3 is 0 Å². The number of nitrogens with zero attached hydrogens (tertiary/aromatic N) is 1. The fourth-order valence-corrected chi connectivity index (χ4v) is 8.59. The number of hydrogen-bond donors (Lipinski definition) is 0. The first-order valence-corrected chi connectivity index (χ1v) is 20.5. The molecule has 11 rings (SSSR count). The number of benzene rings is 10. The number of anilines is 3. The van der Waals surface area contributed by atoms with Crippen LogP contribution >= 0.6 is 0 Å². The summed E-state index contributed by atoms with van der Waals surface area (Å²) in [6.07, 6.45) is 0. The highest BCUT2D eigenvalue weighted by atomic mass is 16.5. The first-order chi connectivity index (χ1) is 29.7. The maximum Gasteiger partial charge on any atom is 0.135 e. The third-order valence-electron chi connectivity index (χ3n) is 11.7. The van der Waals surface area contributed by atoms with Crippen LogP contribution in [0.5, 0.6) is 11.5 Å². The Bertz CT molecular complexity index is 2990. The summed E-state index contributed by atoms with van der Waals surface area (Å²) >= 11 is 0. The van der Waals surface area contributed by atoms with E-state index in [1.807, 2.05) is 0 Å². The highest BCUT2D eigenvalue weighted by Gasteiger charge is 2.21. The van der Waals surface area contributed by atoms with Gasteiger partial charge in [-0.25, -0.2) is 0 Å². The van der Waals surface area contributed by atoms with Crippen LogP contribution in [0, 0.1) is 0 Å². The standard InChI is InChI=1S/C58H39NO/c1-3-10-40(11-4-1)42-20-24-44(25-21-42)46-28-33-51(34-29-46)59(52-35-30-47(31-36-52)45-26-22-43(23-27-45)41-12-5-2-6-13-41)53-17-7-16-49(38-53)50-32-37-56-55(39-50)54-18-8-14-48-15-9-19-57(60-56)58(48)54/h1-39H. The second kappa shape index (κ2) is 15.1. The molecule has 2 heteroatoms. The summed E-state index contributed by atoms with van der Waals surface area (Å²) in [7, 11) is 0. The van der Waals surface area contributed by atoms with Crippen molar-refractivity contribution < 1.29 is 4.74 Å². The van der Waals surface area contributed by atoms with Crippen molar-refractivity contribution in [2.24, 2.45) is 0 Å². The second-order valence-corrected chi connectivity index (χ2v) is 15.3. The molecule has 0 atom stereocenters. The van der Waals surface area contributed by atoms with E-state index in [1.54, 1.807) is 0 Å². The number of ether oxygens (including phenoxy) is 1. The number of rotatable bonds is 8. The number of fused-ring (bicyclic) bond motifs is 2. The van der Waals surface area contributed by atoms with E-state index in [-0.39, 0.29) is 0 Å². The molecule has 0 amide bonds. The summed E-state index contributed by atoms with van der Waals surface area (Å²) in [5, 5.41) is 2.35. The zero-order valence-corrected chi connectivity index (χ0v) is 32.9. The molecule has 0 saturated carbocycles. The van der Waals surface area contributed by atoms with Crippen LogP contribution in [0.3, 0.4) is 0 Å². The van der Waals surface area contributed by atoms with Crippen molar-refractivity contribution in [1.82, 2.24) is 0 Å². The van der Waals surface area contributed by atoms with Crippen molar-refractivity contribution >= 4 is 27.8 Å². The molecule has 10 aromatic rings. The van der Waals surface area contributed by atoms with E-state index in [9.17, 15) is 0 Å². The highest BCUT2D eigenvalue weighted by Crippen LogP contribution is 2.48. The minimum atomic E-state index is 0.882. The molecular formula is C58H39NO. The zero-order valence-electron chi connectivity index (χ0n) is 32.9. The predicted octanol–water partition coefficient (Wildman–Crippen LogP) is 16.4. The SMILES string of the molecule is c1ccc(-c2ccc(-c3ccc(N(c4ccc(-c5ccc(-c6ccccc6)cc5)cc4)c4cccc(-c5ccc6c(c5)-c5cccc7cccc(c57)O6)c4)cc3)cc2)cc1. The molecule has 0 unspecified atom stereocenters. The summed E-state index contributed by atoms with van der Waals surface area (Å²) in [6, 6.07) is 84.8. The molecule has 0 spiro atoms. The molecule has 282 valence electrons. The van der Waals surface area contributed by atoms with Crippen LogP contribution in [0.15, 0.2) is 237 Å². The van der Waals surface area contributed by atoms with Crippen LogP contribution in [0.25, 0.3) is 77.5 Å². The van der Waals surface area contributed by atoms with Crippen LogP contribution in [-0.2, 0) is 0 Å². The molecule has 0 aromatic heterocycles. The summed E-state index contributed by atoms with van der Waals surface area (Å²) < 4.78 is 6.44. The molecule has 0 N–H and O–H groups in total. The van der Waals surface area contributed by atoms with Gasteiger partial charge in [0.2, 0.25) is 0 Å².